The Hall–Kier alpha value is -1.96. The molecule has 23 heavy (non-hydrogen) atoms. The molecule has 0 radical (unpaired) electrons. The van der Waals surface area contributed by atoms with E-state index in [1.807, 2.05) is 32.0 Å². The van der Waals surface area contributed by atoms with Crippen molar-refractivity contribution in [2.75, 3.05) is 24.7 Å². The van der Waals surface area contributed by atoms with Crippen LogP contribution < -0.4 is 9.64 Å². The molecule has 1 aromatic carbocycles. The van der Waals surface area contributed by atoms with E-state index in [0.29, 0.717) is 11.4 Å². The SMILES string of the molecule is Cc1nc(-c2ccc3c(c2)N(CC(O)CO)C(=O)CO3)c(C)s1. The molecule has 6 nitrogen and oxygen atoms in total. The van der Waals surface area contributed by atoms with Gasteiger partial charge in [0.2, 0.25) is 0 Å². The van der Waals surface area contributed by atoms with E-state index in [9.17, 15) is 9.90 Å². The number of aliphatic hydroxyl groups is 2. The number of hydrogen-bond donors (Lipinski definition) is 2. The lowest BCUT2D eigenvalue weighted by atomic mass is 10.1. The lowest BCUT2D eigenvalue weighted by molar-refractivity contribution is -0.121. The van der Waals surface area contributed by atoms with E-state index < -0.39 is 12.7 Å². The van der Waals surface area contributed by atoms with Crippen LogP contribution >= 0.6 is 11.3 Å². The number of benzene rings is 1. The Kier molecular flexibility index (Phi) is 4.34. The topological polar surface area (TPSA) is 82.9 Å². The highest BCUT2D eigenvalue weighted by atomic mass is 32.1. The summed E-state index contributed by atoms with van der Waals surface area (Å²) in [6.07, 6.45) is -0.989. The largest absolute Gasteiger partial charge is 0.482 e. The van der Waals surface area contributed by atoms with Gasteiger partial charge in [0.15, 0.2) is 6.61 Å². The first-order chi connectivity index (χ1) is 11.0. The van der Waals surface area contributed by atoms with Gasteiger partial charge < -0.3 is 19.8 Å². The van der Waals surface area contributed by atoms with Gasteiger partial charge in [0.1, 0.15) is 5.75 Å². The van der Waals surface area contributed by atoms with Gasteiger partial charge in [-0.25, -0.2) is 4.98 Å². The van der Waals surface area contributed by atoms with Crippen molar-refractivity contribution >= 4 is 22.9 Å². The van der Waals surface area contributed by atoms with Crippen molar-refractivity contribution in [3.8, 4) is 17.0 Å². The minimum absolute atomic E-state index is 0.0320. The van der Waals surface area contributed by atoms with Gasteiger partial charge in [0.25, 0.3) is 5.91 Å². The van der Waals surface area contributed by atoms with Crippen molar-refractivity contribution in [2.45, 2.75) is 20.0 Å². The van der Waals surface area contributed by atoms with E-state index in [1.165, 1.54) is 4.90 Å². The minimum atomic E-state index is -0.989. The number of aromatic nitrogens is 1. The van der Waals surface area contributed by atoms with Crippen molar-refractivity contribution < 1.29 is 19.7 Å². The molecular weight excluding hydrogens is 316 g/mol. The van der Waals surface area contributed by atoms with E-state index >= 15 is 0 Å². The van der Waals surface area contributed by atoms with E-state index in [4.69, 9.17) is 9.84 Å². The third kappa shape index (κ3) is 3.08. The molecule has 0 fully saturated rings. The average molecular weight is 334 g/mol. The number of thiazole rings is 1. The van der Waals surface area contributed by atoms with Crippen LogP contribution in [0.5, 0.6) is 5.75 Å². The number of hydrogen-bond acceptors (Lipinski definition) is 6. The molecule has 1 amide bonds. The number of carbonyl (C=O) groups is 1. The number of aryl methyl sites for hydroxylation is 2. The summed E-state index contributed by atoms with van der Waals surface area (Å²) < 4.78 is 5.45. The first-order valence-electron chi connectivity index (χ1n) is 7.30. The number of carbonyl (C=O) groups excluding carboxylic acids is 1. The monoisotopic (exact) mass is 334 g/mol. The number of fused-ring (bicyclic) bond motifs is 1. The number of β-amino-alcohol motifs (C(OH)–C–C–N with tert-alkyl or cyclic N) is 1. The van der Waals surface area contributed by atoms with Crippen LogP contribution in [0.15, 0.2) is 18.2 Å². The number of rotatable bonds is 4. The van der Waals surface area contributed by atoms with Crippen LogP contribution in [0, 0.1) is 13.8 Å². The Balaban J connectivity index is 2.02. The molecule has 0 bridgehead atoms. The Labute approximate surface area is 138 Å². The molecule has 7 heteroatoms. The summed E-state index contributed by atoms with van der Waals surface area (Å²) in [5.74, 6) is 0.344. The normalized spacial score (nSPS) is 15.3. The predicted molar refractivity (Wildman–Crippen MR) is 88.0 cm³/mol. The zero-order valence-electron chi connectivity index (χ0n) is 12.9. The molecule has 0 saturated heterocycles. The molecule has 1 aromatic heterocycles. The second kappa shape index (κ2) is 6.27. The third-order valence-electron chi connectivity index (χ3n) is 3.68. The van der Waals surface area contributed by atoms with Crippen LogP contribution in [-0.4, -0.2) is 47.0 Å². The van der Waals surface area contributed by atoms with Gasteiger partial charge in [0.05, 0.1) is 35.6 Å². The predicted octanol–water partition coefficient (Wildman–Crippen LogP) is 1.51. The van der Waals surface area contributed by atoms with Gasteiger partial charge in [0, 0.05) is 10.4 Å². The summed E-state index contributed by atoms with van der Waals surface area (Å²) in [4.78, 5) is 19.2. The fourth-order valence-electron chi connectivity index (χ4n) is 2.61. The summed E-state index contributed by atoms with van der Waals surface area (Å²) in [5, 5.41) is 19.7. The third-order valence-corrected chi connectivity index (χ3v) is 4.57. The Morgan fingerprint density at radius 2 is 2.22 bits per heavy atom. The second-order valence-corrected chi connectivity index (χ2v) is 6.86. The van der Waals surface area contributed by atoms with Crippen molar-refractivity contribution in [2.24, 2.45) is 0 Å². The van der Waals surface area contributed by atoms with E-state index in [1.54, 1.807) is 11.3 Å². The van der Waals surface area contributed by atoms with Crippen LogP contribution in [0.1, 0.15) is 9.88 Å². The lowest BCUT2D eigenvalue weighted by Gasteiger charge is -2.31. The summed E-state index contributed by atoms with van der Waals surface area (Å²) in [5.41, 5.74) is 2.37. The molecule has 0 aliphatic carbocycles. The van der Waals surface area contributed by atoms with Gasteiger partial charge in [-0.3, -0.25) is 4.79 Å². The van der Waals surface area contributed by atoms with Crippen molar-refractivity contribution in [1.29, 1.82) is 0 Å². The molecule has 3 rings (SSSR count). The molecule has 2 aromatic rings. The maximum Gasteiger partial charge on any atom is 0.265 e. The van der Waals surface area contributed by atoms with Gasteiger partial charge in [-0.15, -0.1) is 11.3 Å². The zero-order chi connectivity index (χ0) is 16.6. The maximum absolute atomic E-state index is 12.1. The molecule has 1 atom stereocenters. The minimum Gasteiger partial charge on any atom is -0.482 e. The maximum atomic E-state index is 12.1. The highest BCUT2D eigenvalue weighted by molar-refractivity contribution is 7.11. The highest BCUT2D eigenvalue weighted by Gasteiger charge is 2.28. The molecule has 0 spiro atoms. The molecule has 1 aliphatic rings. The van der Waals surface area contributed by atoms with Gasteiger partial charge in [-0.2, -0.15) is 0 Å². The van der Waals surface area contributed by atoms with Crippen LogP contribution in [-0.2, 0) is 4.79 Å². The van der Waals surface area contributed by atoms with E-state index in [2.05, 4.69) is 4.98 Å². The van der Waals surface area contributed by atoms with Gasteiger partial charge in [-0.05, 0) is 32.0 Å². The fraction of sp³-hybridized carbons (Fsp3) is 0.375. The van der Waals surface area contributed by atoms with E-state index in [0.717, 1.165) is 21.1 Å². The molecule has 2 heterocycles. The summed E-state index contributed by atoms with van der Waals surface area (Å²) in [6.45, 7) is 3.53. The molecular formula is C16H18N2O4S. The quantitative estimate of drug-likeness (QED) is 0.885. The Morgan fingerprint density at radius 1 is 1.43 bits per heavy atom. The number of ether oxygens (including phenoxy) is 1. The van der Waals surface area contributed by atoms with Crippen molar-refractivity contribution in [3.05, 3.63) is 28.1 Å². The number of aliphatic hydroxyl groups excluding tert-OH is 2. The Morgan fingerprint density at radius 3 is 2.87 bits per heavy atom. The summed E-state index contributed by atoms with van der Waals surface area (Å²) in [6, 6.07) is 5.57. The highest BCUT2D eigenvalue weighted by Crippen LogP contribution is 2.37. The first kappa shape index (κ1) is 15.9. The summed E-state index contributed by atoms with van der Waals surface area (Å²) >= 11 is 1.62. The average Bonchev–Trinajstić information content (AvgIpc) is 2.88. The zero-order valence-corrected chi connectivity index (χ0v) is 13.8. The molecule has 122 valence electrons. The number of anilines is 1. The smallest absolute Gasteiger partial charge is 0.265 e. The number of amides is 1. The van der Waals surface area contributed by atoms with Gasteiger partial charge in [-0.1, -0.05) is 0 Å². The molecule has 0 saturated carbocycles. The Bertz CT molecular complexity index is 744. The number of nitrogens with zero attached hydrogens (tertiary/aromatic N) is 2. The van der Waals surface area contributed by atoms with Crippen LogP contribution in [0.4, 0.5) is 5.69 Å². The molecule has 1 unspecified atom stereocenters. The summed E-state index contributed by atoms with van der Waals surface area (Å²) in [7, 11) is 0. The van der Waals surface area contributed by atoms with Crippen LogP contribution in [0.3, 0.4) is 0 Å². The van der Waals surface area contributed by atoms with Crippen molar-refractivity contribution in [1.82, 2.24) is 4.98 Å². The molecule has 1 aliphatic heterocycles. The van der Waals surface area contributed by atoms with Gasteiger partial charge >= 0.3 is 0 Å². The molecule has 2 N–H and O–H groups in total. The lowest BCUT2D eigenvalue weighted by Crippen LogP contribution is -2.44. The van der Waals surface area contributed by atoms with Crippen molar-refractivity contribution in [3.63, 3.8) is 0 Å². The standard InChI is InChI=1S/C16H18N2O4S/c1-9-16(17-10(2)23-9)11-3-4-14-13(5-11)18(6-12(20)7-19)15(21)8-22-14/h3-5,12,19-20H,6-8H2,1-2H3. The first-order valence-corrected chi connectivity index (χ1v) is 8.11. The van der Waals surface area contributed by atoms with E-state index in [-0.39, 0.29) is 19.1 Å². The second-order valence-electron chi connectivity index (χ2n) is 5.45. The van der Waals surface area contributed by atoms with Crippen LogP contribution in [0.25, 0.3) is 11.3 Å². The fourth-order valence-corrected chi connectivity index (χ4v) is 3.45. The van der Waals surface area contributed by atoms with Crippen LogP contribution in [0.2, 0.25) is 0 Å².